The van der Waals surface area contributed by atoms with Crippen molar-refractivity contribution in [1.29, 1.82) is 0 Å². The van der Waals surface area contributed by atoms with Crippen molar-refractivity contribution in [2.24, 2.45) is 0 Å². The average molecular weight is 279 g/mol. The van der Waals surface area contributed by atoms with E-state index in [9.17, 15) is 0 Å². The molecule has 0 unspecified atom stereocenters. The van der Waals surface area contributed by atoms with Crippen LogP contribution in [0, 0.1) is 6.92 Å². The van der Waals surface area contributed by atoms with E-state index in [1.165, 1.54) is 5.56 Å². The summed E-state index contributed by atoms with van der Waals surface area (Å²) < 4.78 is 1.13. The van der Waals surface area contributed by atoms with Crippen molar-refractivity contribution >= 4 is 15.9 Å². The number of hydrogen-bond donors (Lipinski definition) is 1. The molecule has 16 heavy (non-hydrogen) atoms. The third kappa shape index (κ3) is 2.19. The minimum absolute atomic E-state index is 0.433. The van der Waals surface area contributed by atoms with Gasteiger partial charge in [0.15, 0.2) is 0 Å². The zero-order valence-electron chi connectivity index (χ0n) is 9.71. The van der Waals surface area contributed by atoms with E-state index < -0.39 is 0 Å². The van der Waals surface area contributed by atoms with E-state index in [1.54, 1.807) is 0 Å². The van der Waals surface area contributed by atoms with Crippen LogP contribution in [0.2, 0.25) is 0 Å². The van der Waals surface area contributed by atoms with Crippen LogP contribution < -0.4 is 0 Å². The lowest BCUT2D eigenvalue weighted by Crippen LogP contribution is -1.89. The van der Waals surface area contributed by atoms with Crippen molar-refractivity contribution in [1.82, 2.24) is 9.97 Å². The Kier molecular flexibility index (Phi) is 3.15. The van der Waals surface area contributed by atoms with Crippen LogP contribution in [0.1, 0.15) is 31.2 Å². The molecule has 0 aliphatic rings. The molecule has 0 aliphatic carbocycles. The number of aryl methyl sites for hydroxylation is 1. The number of nitrogens with zero attached hydrogens (tertiary/aromatic N) is 1. The van der Waals surface area contributed by atoms with E-state index in [-0.39, 0.29) is 0 Å². The maximum atomic E-state index is 4.37. The number of aromatic nitrogens is 2. The minimum Gasteiger partial charge on any atom is -0.342 e. The lowest BCUT2D eigenvalue weighted by molar-refractivity contribution is 0.795. The Hall–Kier alpha value is -1.09. The third-order valence-electron chi connectivity index (χ3n) is 2.63. The first-order chi connectivity index (χ1) is 7.58. The topological polar surface area (TPSA) is 28.7 Å². The molecule has 0 spiro atoms. The number of H-pyrrole nitrogens is 1. The van der Waals surface area contributed by atoms with Gasteiger partial charge in [-0.05, 0) is 18.6 Å². The Morgan fingerprint density at radius 1 is 1.31 bits per heavy atom. The van der Waals surface area contributed by atoms with Crippen LogP contribution in [-0.2, 0) is 0 Å². The maximum absolute atomic E-state index is 4.37. The number of aromatic amines is 1. The number of imidazole rings is 1. The fraction of sp³-hybridized carbons (Fsp3) is 0.308. The molecule has 0 radical (unpaired) electrons. The first-order valence-corrected chi connectivity index (χ1v) is 6.18. The van der Waals surface area contributed by atoms with Gasteiger partial charge in [-0.3, -0.25) is 0 Å². The van der Waals surface area contributed by atoms with Crippen molar-refractivity contribution < 1.29 is 0 Å². The summed E-state index contributed by atoms with van der Waals surface area (Å²) in [5.74, 6) is 1.47. The minimum atomic E-state index is 0.433. The molecule has 0 atom stereocenters. The van der Waals surface area contributed by atoms with E-state index in [1.807, 2.05) is 6.20 Å². The second kappa shape index (κ2) is 4.42. The van der Waals surface area contributed by atoms with Crippen LogP contribution in [-0.4, -0.2) is 9.97 Å². The highest BCUT2D eigenvalue weighted by atomic mass is 79.9. The van der Waals surface area contributed by atoms with Crippen LogP contribution in [0.4, 0.5) is 0 Å². The second-order valence-electron chi connectivity index (χ2n) is 4.30. The van der Waals surface area contributed by atoms with Crippen molar-refractivity contribution in [3.63, 3.8) is 0 Å². The fourth-order valence-electron chi connectivity index (χ4n) is 1.54. The summed E-state index contributed by atoms with van der Waals surface area (Å²) in [4.78, 5) is 7.72. The Balaban J connectivity index is 2.39. The number of nitrogens with one attached hydrogen (secondary N) is 1. The first-order valence-electron chi connectivity index (χ1n) is 5.39. The summed E-state index contributed by atoms with van der Waals surface area (Å²) in [5.41, 5.74) is 3.48. The van der Waals surface area contributed by atoms with Crippen molar-refractivity contribution in [3.05, 3.63) is 40.3 Å². The van der Waals surface area contributed by atoms with Crippen molar-refractivity contribution in [2.75, 3.05) is 0 Å². The number of hydrogen-bond acceptors (Lipinski definition) is 1. The van der Waals surface area contributed by atoms with E-state index in [2.05, 4.69) is 64.9 Å². The van der Waals surface area contributed by atoms with E-state index in [0.29, 0.717) is 5.92 Å². The highest BCUT2D eigenvalue weighted by molar-refractivity contribution is 9.10. The van der Waals surface area contributed by atoms with E-state index in [0.717, 1.165) is 21.6 Å². The van der Waals surface area contributed by atoms with Gasteiger partial charge in [0, 0.05) is 16.0 Å². The van der Waals surface area contributed by atoms with Crippen LogP contribution >= 0.6 is 15.9 Å². The summed E-state index contributed by atoms with van der Waals surface area (Å²) in [6.45, 7) is 6.35. The molecule has 2 nitrogen and oxygen atoms in total. The summed E-state index contributed by atoms with van der Waals surface area (Å²) in [7, 11) is 0. The molecule has 0 fully saturated rings. The highest BCUT2D eigenvalue weighted by Gasteiger charge is 2.07. The Morgan fingerprint density at radius 3 is 2.62 bits per heavy atom. The third-order valence-corrected chi connectivity index (χ3v) is 3.48. The molecular formula is C13H15BrN2. The number of halogens is 1. The predicted molar refractivity (Wildman–Crippen MR) is 70.5 cm³/mol. The maximum Gasteiger partial charge on any atom is 0.109 e. The lowest BCUT2D eigenvalue weighted by Gasteiger charge is -2.02. The van der Waals surface area contributed by atoms with Gasteiger partial charge < -0.3 is 4.98 Å². The fourth-order valence-corrected chi connectivity index (χ4v) is 1.92. The molecule has 84 valence electrons. The van der Waals surface area contributed by atoms with Gasteiger partial charge in [-0.15, -0.1) is 0 Å². The monoisotopic (exact) mass is 278 g/mol. The molecule has 1 aromatic carbocycles. The molecule has 3 heteroatoms. The van der Waals surface area contributed by atoms with Gasteiger partial charge >= 0.3 is 0 Å². The molecule has 0 saturated carbocycles. The standard InChI is InChI=1S/C13H15BrN2/c1-8(2)13-15-7-12(16-13)10-5-4-9(3)11(14)6-10/h4-8H,1-3H3,(H,15,16). The average Bonchev–Trinajstić information content (AvgIpc) is 2.71. The number of rotatable bonds is 2. The van der Waals surface area contributed by atoms with Crippen LogP contribution in [0.25, 0.3) is 11.3 Å². The summed E-state index contributed by atoms with van der Waals surface area (Å²) in [6, 6.07) is 6.33. The van der Waals surface area contributed by atoms with Crippen molar-refractivity contribution in [2.45, 2.75) is 26.7 Å². The van der Waals surface area contributed by atoms with Gasteiger partial charge in [-0.2, -0.15) is 0 Å². The molecule has 0 bridgehead atoms. The quantitative estimate of drug-likeness (QED) is 0.873. The normalized spacial score (nSPS) is 11.1. The second-order valence-corrected chi connectivity index (χ2v) is 5.16. The molecular weight excluding hydrogens is 264 g/mol. The molecule has 0 saturated heterocycles. The van der Waals surface area contributed by atoms with Crippen molar-refractivity contribution in [3.8, 4) is 11.3 Å². The predicted octanol–water partition coefficient (Wildman–Crippen LogP) is 4.27. The zero-order valence-corrected chi connectivity index (χ0v) is 11.3. The number of benzene rings is 1. The van der Waals surface area contributed by atoms with Gasteiger partial charge in [0.05, 0.1) is 11.9 Å². The molecule has 0 amide bonds. The van der Waals surface area contributed by atoms with Crippen LogP contribution in [0.5, 0.6) is 0 Å². The zero-order chi connectivity index (χ0) is 11.7. The first kappa shape index (κ1) is 11.4. The van der Waals surface area contributed by atoms with Gasteiger partial charge in [0.2, 0.25) is 0 Å². The summed E-state index contributed by atoms with van der Waals surface area (Å²) >= 11 is 3.54. The molecule has 1 aromatic heterocycles. The Morgan fingerprint density at radius 2 is 2.06 bits per heavy atom. The van der Waals surface area contributed by atoms with Gasteiger partial charge in [0.25, 0.3) is 0 Å². The highest BCUT2D eigenvalue weighted by Crippen LogP contribution is 2.25. The van der Waals surface area contributed by atoms with Gasteiger partial charge in [-0.25, -0.2) is 4.98 Å². The lowest BCUT2D eigenvalue weighted by atomic mass is 10.1. The SMILES string of the molecule is Cc1ccc(-c2cnc(C(C)C)[nH]2)cc1Br. The van der Waals surface area contributed by atoms with Gasteiger partial charge in [-0.1, -0.05) is 41.9 Å². The summed E-state index contributed by atoms with van der Waals surface area (Å²) in [6.07, 6.45) is 1.90. The van der Waals surface area contributed by atoms with Crippen LogP contribution in [0.3, 0.4) is 0 Å². The largest absolute Gasteiger partial charge is 0.342 e. The smallest absolute Gasteiger partial charge is 0.109 e. The molecule has 2 aromatic rings. The van der Waals surface area contributed by atoms with E-state index in [4.69, 9.17) is 0 Å². The molecule has 2 rings (SSSR count). The molecule has 0 aliphatic heterocycles. The summed E-state index contributed by atoms with van der Waals surface area (Å²) in [5, 5.41) is 0. The van der Waals surface area contributed by atoms with E-state index >= 15 is 0 Å². The molecule has 1 N–H and O–H groups in total. The molecule has 1 heterocycles. The Bertz CT molecular complexity index is 500. The van der Waals surface area contributed by atoms with Gasteiger partial charge in [0.1, 0.15) is 5.82 Å². The van der Waals surface area contributed by atoms with Crippen LogP contribution in [0.15, 0.2) is 28.9 Å². The Labute approximate surface area is 104 Å².